The number of aromatic nitrogens is 2. The Kier molecular flexibility index (Phi) is 4.85. The van der Waals surface area contributed by atoms with Gasteiger partial charge >= 0.3 is 0 Å². The van der Waals surface area contributed by atoms with Crippen molar-refractivity contribution in [1.29, 1.82) is 0 Å². The van der Waals surface area contributed by atoms with E-state index in [4.69, 9.17) is 11.6 Å². The summed E-state index contributed by atoms with van der Waals surface area (Å²) in [5.74, 6) is 0.893. The molecule has 1 aromatic heterocycles. The summed E-state index contributed by atoms with van der Waals surface area (Å²) < 4.78 is 1.35. The average Bonchev–Trinajstić information content (AvgIpc) is 2.61. The van der Waals surface area contributed by atoms with Crippen LogP contribution in [0.3, 0.4) is 0 Å². The maximum absolute atomic E-state index is 12.1. The van der Waals surface area contributed by atoms with E-state index in [-0.39, 0.29) is 11.5 Å². The molecule has 2 aromatic rings. The molecule has 0 spiro atoms. The minimum Gasteiger partial charge on any atom is -0.352 e. The number of carbonyl (C=O) groups excluding carboxylic acids is 1. The highest BCUT2D eigenvalue weighted by Crippen LogP contribution is 2.16. The maximum atomic E-state index is 12.1. The molecule has 126 valence electrons. The van der Waals surface area contributed by atoms with E-state index in [0.29, 0.717) is 43.3 Å². The van der Waals surface area contributed by atoms with Gasteiger partial charge < -0.3 is 9.80 Å². The Labute approximate surface area is 145 Å². The van der Waals surface area contributed by atoms with Crippen LogP contribution in [0.15, 0.2) is 41.2 Å². The highest BCUT2D eigenvalue weighted by molar-refractivity contribution is 6.30. The summed E-state index contributed by atoms with van der Waals surface area (Å²) in [6.07, 6.45) is 0.526. The molecule has 1 fully saturated rings. The van der Waals surface area contributed by atoms with Crippen LogP contribution in [0.5, 0.6) is 0 Å². The largest absolute Gasteiger partial charge is 0.352 e. The normalized spacial score (nSPS) is 14.8. The highest BCUT2D eigenvalue weighted by Gasteiger charge is 2.21. The predicted molar refractivity (Wildman–Crippen MR) is 93.9 cm³/mol. The molecule has 0 atom stereocenters. The van der Waals surface area contributed by atoms with Crippen molar-refractivity contribution in [3.63, 3.8) is 0 Å². The van der Waals surface area contributed by atoms with Crippen LogP contribution >= 0.6 is 11.6 Å². The molecule has 1 saturated heterocycles. The van der Waals surface area contributed by atoms with Crippen LogP contribution in [0.4, 0.5) is 5.82 Å². The van der Waals surface area contributed by atoms with Crippen LogP contribution < -0.4 is 10.5 Å². The van der Waals surface area contributed by atoms with Gasteiger partial charge in [0.2, 0.25) is 5.91 Å². The summed E-state index contributed by atoms with van der Waals surface area (Å²) in [6, 6.07) is 10.3. The standard InChI is InChI=1S/C17H19ClN4O2/c1-2-16(23)21-10-8-20(9-11-21)15-6-7-17(24)22(19-15)14-5-3-4-13(18)12-14/h3-7,12H,2,8-11H2,1H3. The van der Waals surface area contributed by atoms with Crippen molar-refractivity contribution in [2.45, 2.75) is 13.3 Å². The first-order chi connectivity index (χ1) is 11.6. The van der Waals surface area contributed by atoms with Crippen molar-refractivity contribution in [3.8, 4) is 5.69 Å². The topological polar surface area (TPSA) is 58.4 Å². The third kappa shape index (κ3) is 3.43. The summed E-state index contributed by atoms with van der Waals surface area (Å²) >= 11 is 6.00. The molecule has 1 aliphatic heterocycles. The summed E-state index contributed by atoms with van der Waals surface area (Å²) in [5.41, 5.74) is 0.426. The van der Waals surface area contributed by atoms with E-state index in [1.807, 2.05) is 11.8 Å². The molecule has 1 amide bonds. The summed E-state index contributed by atoms with van der Waals surface area (Å²) in [7, 11) is 0. The number of hydrogen-bond donors (Lipinski definition) is 0. The minimum absolute atomic E-state index is 0.173. The zero-order valence-electron chi connectivity index (χ0n) is 13.5. The fourth-order valence-corrected chi connectivity index (χ4v) is 2.96. The Morgan fingerprint density at radius 1 is 1.17 bits per heavy atom. The zero-order chi connectivity index (χ0) is 17.1. The number of benzene rings is 1. The number of hydrogen-bond acceptors (Lipinski definition) is 4. The minimum atomic E-state index is -0.208. The van der Waals surface area contributed by atoms with Gasteiger partial charge in [0.1, 0.15) is 5.82 Å². The fraction of sp³-hybridized carbons (Fsp3) is 0.353. The second-order valence-corrected chi connectivity index (χ2v) is 6.08. The van der Waals surface area contributed by atoms with E-state index in [1.165, 1.54) is 10.7 Å². The summed E-state index contributed by atoms with van der Waals surface area (Å²) in [5, 5.41) is 5.02. The van der Waals surface area contributed by atoms with Crippen molar-refractivity contribution in [2.75, 3.05) is 31.1 Å². The van der Waals surface area contributed by atoms with Crippen LogP contribution in [0.1, 0.15) is 13.3 Å². The van der Waals surface area contributed by atoms with Crippen LogP contribution in [-0.2, 0) is 4.79 Å². The van der Waals surface area contributed by atoms with Gasteiger partial charge in [0.05, 0.1) is 5.69 Å². The van der Waals surface area contributed by atoms with Crippen molar-refractivity contribution >= 4 is 23.3 Å². The smallest absolute Gasteiger partial charge is 0.271 e. The number of rotatable bonds is 3. The molecule has 0 bridgehead atoms. The van der Waals surface area contributed by atoms with Crippen molar-refractivity contribution in [2.24, 2.45) is 0 Å². The number of nitrogens with zero attached hydrogens (tertiary/aromatic N) is 4. The van der Waals surface area contributed by atoms with Crippen LogP contribution in [-0.4, -0.2) is 46.8 Å². The van der Waals surface area contributed by atoms with Gasteiger partial charge in [-0.3, -0.25) is 9.59 Å². The molecule has 0 unspecified atom stereocenters. The lowest BCUT2D eigenvalue weighted by molar-refractivity contribution is -0.131. The van der Waals surface area contributed by atoms with E-state index >= 15 is 0 Å². The lowest BCUT2D eigenvalue weighted by Gasteiger charge is -2.35. The lowest BCUT2D eigenvalue weighted by Crippen LogP contribution is -2.49. The SMILES string of the molecule is CCC(=O)N1CCN(c2ccc(=O)n(-c3cccc(Cl)c3)n2)CC1. The van der Waals surface area contributed by atoms with E-state index in [1.54, 1.807) is 30.3 Å². The van der Waals surface area contributed by atoms with Gasteiger partial charge in [-0.25, -0.2) is 0 Å². The third-order valence-electron chi connectivity index (χ3n) is 4.10. The number of amides is 1. The first-order valence-corrected chi connectivity index (χ1v) is 8.35. The van der Waals surface area contributed by atoms with Gasteiger partial charge in [-0.2, -0.15) is 4.68 Å². The first-order valence-electron chi connectivity index (χ1n) is 7.97. The molecule has 6 nitrogen and oxygen atoms in total. The molecule has 2 heterocycles. The van der Waals surface area contributed by atoms with Crippen molar-refractivity contribution in [1.82, 2.24) is 14.7 Å². The Morgan fingerprint density at radius 3 is 2.58 bits per heavy atom. The van der Waals surface area contributed by atoms with E-state index < -0.39 is 0 Å². The summed E-state index contributed by atoms with van der Waals surface area (Å²) in [6.45, 7) is 4.62. The van der Waals surface area contributed by atoms with Crippen LogP contribution in [0.25, 0.3) is 5.69 Å². The van der Waals surface area contributed by atoms with Crippen molar-refractivity contribution in [3.05, 3.63) is 51.8 Å². The van der Waals surface area contributed by atoms with Crippen LogP contribution in [0.2, 0.25) is 5.02 Å². The molecule has 7 heteroatoms. The zero-order valence-corrected chi connectivity index (χ0v) is 14.2. The number of carbonyl (C=O) groups is 1. The fourth-order valence-electron chi connectivity index (χ4n) is 2.77. The predicted octanol–water partition coefficient (Wildman–Crippen LogP) is 1.94. The average molecular weight is 347 g/mol. The third-order valence-corrected chi connectivity index (χ3v) is 4.33. The van der Waals surface area contributed by atoms with Gasteiger partial charge in [-0.05, 0) is 24.3 Å². The highest BCUT2D eigenvalue weighted by atomic mass is 35.5. The molecule has 0 radical (unpaired) electrons. The van der Waals surface area contributed by atoms with Gasteiger partial charge in [-0.15, -0.1) is 5.10 Å². The molecule has 0 saturated carbocycles. The quantitative estimate of drug-likeness (QED) is 0.852. The molecule has 0 aliphatic carbocycles. The number of anilines is 1. The molecule has 1 aromatic carbocycles. The second kappa shape index (κ2) is 7.05. The first kappa shape index (κ1) is 16.5. The molecule has 24 heavy (non-hydrogen) atoms. The van der Waals surface area contributed by atoms with E-state index in [9.17, 15) is 9.59 Å². The summed E-state index contributed by atoms with van der Waals surface area (Å²) in [4.78, 5) is 27.8. The van der Waals surface area contributed by atoms with Gasteiger partial charge in [0.15, 0.2) is 0 Å². The molecule has 1 aliphatic rings. The van der Waals surface area contributed by atoms with Gasteiger partial charge in [0, 0.05) is 43.7 Å². The van der Waals surface area contributed by atoms with E-state index in [0.717, 1.165) is 5.82 Å². The molecule has 0 N–H and O–H groups in total. The molecular weight excluding hydrogens is 328 g/mol. The Bertz CT molecular complexity index is 797. The Morgan fingerprint density at radius 2 is 1.92 bits per heavy atom. The Hall–Kier alpha value is -2.34. The second-order valence-electron chi connectivity index (χ2n) is 5.64. The molecular formula is C17H19ClN4O2. The maximum Gasteiger partial charge on any atom is 0.271 e. The van der Waals surface area contributed by atoms with E-state index in [2.05, 4.69) is 10.00 Å². The number of piperazine rings is 1. The Balaban J connectivity index is 1.82. The number of halogens is 1. The lowest BCUT2D eigenvalue weighted by atomic mass is 10.3. The monoisotopic (exact) mass is 346 g/mol. The molecule has 3 rings (SSSR count). The van der Waals surface area contributed by atoms with Gasteiger partial charge in [0.25, 0.3) is 5.56 Å². The van der Waals surface area contributed by atoms with Crippen LogP contribution in [0, 0.1) is 0 Å². The van der Waals surface area contributed by atoms with Gasteiger partial charge in [-0.1, -0.05) is 24.6 Å². The van der Waals surface area contributed by atoms with Crippen molar-refractivity contribution < 1.29 is 4.79 Å².